The van der Waals surface area contributed by atoms with Crippen LogP contribution in [0.2, 0.25) is 0 Å². The lowest BCUT2D eigenvalue weighted by Gasteiger charge is -2.44. The Labute approximate surface area is 236 Å². The molecular formula is C33H37N3O4. The van der Waals surface area contributed by atoms with Crippen LogP contribution in [0.25, 0.3) is 0 Å². The van der Waals surface area contributed by atoms with Crippen LogP contribution in [-0.4, -0.2) is 59.0 Å². The van der Waals surface area contributed by atoms with Gasteiger partial charge in [-0.1, -0.05) is 67.1 Å². The summed E-state index contributed by atoms with van der Waals surface area (Å²) in [4.78, 5) is 44.4. The number of nitrogens with zero attached hydrogens (tertiary/aromatic N) is 2. The van der Waals surface area contributed by atoms with Crippen molar-refractivity contribution in [1.82, 2.24) is 15.1 Å². The SMILES string of the molecule is CCc1ccc(C(=O)N2CCC3(CC2)OC[C@@H](C(=O)N[C@H](C)c2ccccc2)N3C(=O)c2cccc(C)c2)cc1. The molecule has 0 radical (unpaired) electrons. The number of likely N-dealkylation sites (tertiary alicyclic amines) is 1. The van der Waals surface area contributed by atoms with Crippen molar-refractivity contribution < 1.29 is 19.1 Å². The summed E-state index contributed by atoms with van der Waals surface area (Å²) in [5, 5.41) is 3.09. The van der Waals surface area contributed by atoms with Gasteiger partial charge in [0.1, 0.15) is 11.8 Å². The van der Waals surface area contributed by atoms with E-state index in [9.17, 15) is 14.4 Å². The van der Waals surface area contributed by atoms with Crippen LogP contribution in [0.5, 0.6) is 0 Å². The minimum Gasteiger partial charge on any atom is -0.353 e. The van der Waals surface area contributed by atoms with Crippen molar-refractivity contribution in [3.63, 3.8) is 0 Å². The van der Waals surface area contributed by atoms with Crippen molar-refractivity contribution in [2.45, 2.75) is 57.8 Å². The van der Waals surface area contributed by atoms with Gasteiger partial charge in [0.25, 0.3) is 11.8 Å². The van der Waals surface area contributed by atoms with Gasteiger partial charge in [-0.2, -0.15) is 0 Å². The maximum Gasteiger partial charge on any atom is 0.256 e. The largest absolute Gasteiger partial charge is 0.353 e. The molecule has 1 spiro atoms. The first-order valence-electron chi connectivity index (χ1n) is 14.1. The number of ether oxygens (including phenoxy) is 1. The molecule has 2 aliphatic rings. The number of carbonyl (C=O) groups excluding carboxylic acids is 3. The van der Waals surface area contributed by atoms with E-state index in [1.165, 1.54) is 5.56 Å². The van der Waals surface area contributed by atoms with Gasteiger partial charge in [-0.3, -0.25) is 19.3 Å². The highest BCUT2D eigenvalue weighted by Gasteiger charge is 2.54. The summed E-state index contributed by atoms with van der Waals surface area (Å²) in [6.07, 6.45) is 1.78. The van der Waals surface area contributed by atoms with Crippen LogP contribution >= 0.6 is 0 Å². The molecule has 5 rings (SSSR count). The third-order valence-corrected chi connectivity index (χ3v) is 8.15. The van der Waals surface area contributed by atoms with Gasteiger partial charge in [0.2, 0.25) is 5.91 Å². The van der Waals surface area contributed by atoms with Crippen LogP contribution in [-0.2, 0) is 16.0 Å². The molecule has 0 bridgehead atoms. The number of piperidine rings is 1. The average Bonchev–Trinajstić information content (AvgIpc) is 3.35. The van der Waals surface area contributed by atoms with E-state index >= 15 is 0 Å². The van der Waals surface area contributed by atoms with Gasteiger partial charge in [-0.15, -0.1) is 0 Å². The Kier molecular flexibility index (Phi) is 8.03. The molecule has 0 saturated carbocycles. The molecule has 2 atom stereocenters. The van der Waals surface area contributed by atoms with Crippen LogP contribution < -0.4 is 5.32 Å². The standard InChI is InChI=1S/C33H37N3O4/c1-4-25-13-15-27(16-14-25)31(38)35-19-17-33(18-20-35)36(32(39)28-12-8-9-23(2)21-28)29(22-40-33)30(37)34-24(3)26-10-6-5-7-11-26/h5-16,21,24,29H,4,17-20,22H2,1-3H3,(H,34,37)/t24-,29+/m1/s1. The zero-order chi connectivity index (χ0) is 28.3. The summed E-state index contributed by atoms with van der Waals surface area (Å²) in [5.74, 6) is -0.509. The van der Waals surface area contributed by atoms with Gasteiger partial charge in [-0.25, -0.2) is 0 Å². The lowest BCUT2D eigenvalue weighted by Crippen LogP contribution is -2.60. The zero-order valence-electron chi connectivity index (χ0n) is 23.4. The van der Waals surface area contributed by atoms with Gasteiger partial charge in [-0.05, 0) is 55.7 Å². The number of amides is 3. The first-order valence-corrected chi connectivity index (χ1v) is 14.1. The fraction of sp³-hybridized carbons (Fsp3) is 0.364. The highest BCUT2D eigenvalue weighted by molar-refractivity contribution is 5.99. The zero-order valence-corrected chi connectivity index (χ0v) is 23.4. The second-order valence-corrected chi connectivity index (χ2v) is 10.8. The van der Waals surface area contributed by atoms with Crippen molar-refractivity contribution in [2.75, 3.05) is 19.7 Å². The normalized spacial score (nSPS) is 18.9. The van der Waals surface area contributed by atoms with E-state index in [0.29, 0.717) is 37.1 Å². The molecule has 40 heavy (non-hydrogen) atoms. The van der Waals surface area contributed by atoms with Gasteiger partial charge in [0.15, 0.2) is 0 Å². The number of carbonyl (C=O) groups is 3. The minimum absolute atomic E-state index is 0.0296. The predicted octanol–water partition coefficient (Wildman–Crippen LogP) is 4.91. The maximum atomic E-state index is 14.0. The predicted molar refractivity (Wildman–Crippen MR) is 154 cm³/mol. The van der Waals surface area contributed by atoms with E-state index in [-0.39, 0.29) is 30.4 Å². The molecule has 7 heteroatoms. The molecule has 0 unspecified atom stereocenters. The van der Waals surface area contributed by atoms with Crippen LogP contribution in [0.4, 0.5) is 0 Å². The average molecular weight is 540 g/mol. The number of hydrogen-bond donors (Lipinski definition) is 1. The molecule has 3 aromatic rings. The van der Waals surface area contributed by atoms with Gasteiger partial charge in [0.05, 0.1) is 12.6 Å². The van der Waals surface area contributed by atoms with Gasteiger partial charge >= 0.3 is 0 Å². The second-order valence-electron chi connectivity index (χ2n) is 10.8. The lowest BCUT2D eigenvalue weighted by atomic mass is 9.95. The topological polar surface area (TPSA) is 79.0 Å². The number of rotatable bonds is 6. The quantitative estimate of drug-likeness (QED) is 0.483. The fourth-order valence-electron chi connectivity index (χ4n) is 5.74. The smallest absolute Gasteiger partial charge is 0.256 e. The van der Waals surface area contributed by atoms with Crippen molar-refractivity contribution in [1.29, 1.82) is 0 Å². The number of aryl methyl sites for hydroxylation is 2. The van der Waals surface area contributed by atoms with Crippen molar-refractivity contribution in [2.24, 2.45) is 0 Å². The molecule has 2 heterocycles. The Morgan fingerprint density at radius 1 is 0.925 bits per heavy atom. The summed E-state index contributed by atoms with van der Waals surface area (Å²) < 4.78 is 6.36. The molecule has 2 saturated heterocycles. The highest BCUT2D eigenvalue weighted by Crippen LogP contribution is 2.39. The first kappa shape index (κ1) is 27.6. The third-order valence-electron chi connectivity index (χ3n) is 8.15. The Morgan fingerprint density at radius 2 is 1.62 bits per heavy atom. The van der Waals surface area contributed by atoms with E-state index in [0.717, 1.165) is 17.5 Å². The molecule has 2 aliphatic heterocycles. The summed E-state index contributed by atoms with van der Waals surface area (Å²) in [7, 11) is 0. The molecule has 1 N–H and O–H groups in total. The van der Waals surface area contributed by atoms with Crippen LogP contribution in [0, 0.1) is 6.92 Å². The molecule has 3 aromatic carbocycles. The highest BCUT2D eigenvalue weighted by atomic mass is 16.5. The minimum atomic E-state index is -0.957. The summed E-state index contributed by atoms with van der Waals surface area (Å²) in [6.45, 7) is 6.93. The summed E-state index contributed by atoms with van der Waals surface area (Å²) in [5.41, 5.74) is 3.35. The Bertz CT molecular complexity index is 1360. The molecule has 208 valence electrons. The summed E-state index contributed by atoms with van der Waals surface area (Å²) >= 11 is 0. The Balaban J connectivity index is 1.37. The lowest BCUT2D eigenvalue weighted by molar-refractivity contribution is -0.128. The van der Waals surface area contributed by atoms with Gasteiger partial charge in [0, 0.05) is 37.1 Å². The molecule has 7 nitrogen and oxygen atoms in total. The summed E-state index contributed by atoms with van der Waals surface area (Å²) in [6, 6.07) is 23.9. The fourth-order valence-corrected chi connectivity index (χ4v) is 5.74. The number of benzene rings is 3. The van der Waals surface area contributed by atoms with E-state index < -0.39 is 11.8 Å². The van der Waals surface area contributed by atoms with Crippen molar-refractivity contribution >= 4 is 17.7 Å². The molecular weight excluding hydrogens is 502 g/mol. The Hall–Kier alpha value is -3.97. The first-order chi connectivity index (χ1) is 19.3. The van der Waals surface area contributed by atoms with E-state index in [4.69, 9.17) is 4.74 Å². The second kappa shape index (κ2) is 11.6. The monoisotopic (exact) mass is 539 g/mol. The molecule has 0 aromatic heterocycles. The number of nitrogens with one attached hydrogen (secondary N) is 1. The molecule has 0 aliphatic carbocycles. The number of hydrogen-bond acceptors (Lipinski definition) is 4. The van der Waals surface area contributed by atoms with Crippen LogP contribution in [0.1, 0.15) is 70.1 Å². The van der Waals surface area contributed by atoms with E-state index in [2.05, 4.69) is 12.2 Å². The van der Waals surface area contributed by atoms with Crippen LogP contribution in [0.15, 0.2) is 78.9 Å². The van der Waals surface area contributed by atoms with Crippen molar-refractivity contribution in [3.05, 3.63) is 107 Å². The maximum absolute atomic E-state index is 14.0. The molecule has 2 fully saturated rings. The van der Waals surface area contributed by atoms with Crippen LogP contribution in [0.3, 0.4) is 0 Å². The third kappa shape index (κ3) is 5.52. The van der Waals surface area contributed by atoms with E-state index in [1.807, 2.05) is 91.5 Å². The van der Waals surface area contributed by atoms with Crippen molar-refractivity contribution in [3.8, 4) is 0 Å². The van der Waals surface area contributed by atoms with E-state index in [1.54, 1.807) is 11.0 Å². The molecule has 3 amide bonds. The Morgan fingerprint density at radius 3 is 2.27 bits per heavy atom. The van der Waals surface area contributed by atoms with Gasteiger partial charge < -0.3 is 15.0 Å².